The van der Waals surface area contributed by atoms with Crippen molar-refractivity contribution in [3.05, 3.63) is 22.7 Å². The highest BCUT2D eigenvalue weighted by molar-refractivity contribution is 7.07. The minimum absolute atomic E-state index is 0.00454. The van der Waals surface area contributed by atoms with Gasteiger partial charge in [-0.2, -0.15) is 0 Å². The molecule has 1 aliphatic rings. The molecule has 1 heterocycles. The lowest BCUT2D eigenvalue weighted by Gasteiger charge is -2.14. The van der Waals surface area contributed by atoms with E-state index in [4.69, 9.17) is 0 Å². The van der Waals surface area contributed by atoms with Crippen molar-refractivity contribution in [3.63, 3.8) is 0 Å². The molecule has 4 heteroatoms. The fourth-order valence-electron chi connectivity index (χ4n) is 2.14. The molecule has 1 aromatic rings. The van der Waals surface area contributed by atoms with Gasteiger partial charge in [-0.05, 0) is 18.9 Å². The lowest BCUT2D eigenvalue weighted by atomic mass is 10.1. The molecular weight excluding hydrogens is 232 g/mol. The van der Waals surface area contributed by atoms with Crippen LogP contribution >= 0.6 is 11.3 Å². The second-order valence-electron chi connectivity index (χ2n) is 4.44. The number of aromatic nitrogens is 1. The van der Waals surface area contributed by atoms with Crippen LogP contribution in [-0.4, -0.2) is 16.9 Å². The quantitative estimate of drug-likeness (QED) is 0.662. The summed E-state index contributed by atoms with van der Waals surface area (Å²) in [7, 11) is 0. The summed E-state index contributed by atoms with van der Waals surface area (Å²) in [6.07, 6.45) is 10.7. The van der Waals surface area contributed by atoms with Gasteiger partial charge in [0.1, 0.15) is 0 Å². The summed E-state index contributed by atoms with van der Waals surface area (Å²) >= 11 is 1.54. The first kappa shape index (κ1) is 12.3. The van der Waals surface area contributed by atoms with Crippen LogP contribution in [0.3, 0.4) is 0 Å². The zero-order chi connectivity index (χ0) is 11.9. The Morgan fingerprint density at radius 3 is 2.76 bits per heavy atom. The highest BCUT2D eigenvalue weighted by atomic mass is 32.1. The van der Waals surface area contributed by atoms with E-state index in [9.17, 15) is 4.79 Å². The molecule has 0 unspecified atom stereocenters. The highest BCUT2D eigenvalue weighted by Gasteiger charge is 2.12. The predicted molar refractivity (Wildman–Crippen MR) is 70.8 cm³/mol. The maximum atomic E-state index is 11.7. The lowest BCUT2D eigenvalue weighted by Crippen LogP contribution is -2.33. The topological polar surface area (TPSA) is 42.0 Å². The molecule has 0 radical (unpaired) electrons. The van der Waals surface area contributed by atoms with E-state index in [1.54, 1.807) is 17.7 Å². The Kier molecular flexibility index (Phi) is 4.74. The molecule has 0 atom stereocenters. The Hall–Kier alpha value is -1.16. The molecule has 17 heavy (non-hydrogen) atoms. The number of nitrogens with one attached hydrogen (secondary N) is 1. The predicted octanol–water partition coefficient (Wildman–Crippen LogP) is 3.00. The van der Waals surface area contributed by atoms with Crippen molar-refractivity contribution in [2.75, 3.05) is 0 Å². The number of rotatable bonds is 3. The SMILES string of the molecule is O=C(/C=C/c1cscn1)NC1CCCCCC1. The number of amides is 1. The van der Waals surface area contributed by atoms with E-state index in [-0.39, 0.29) is 5.91 Å². The molecule has 0 bridgehead atoms. The molecule has 1 aromatic heterocycles. The zero-order valence-electron chi connectivity index (χ0n) is 9.89. The van der Waals surface area contributed by atoms with E-state index < -0.39 is 0 Å². The molecule has 1 aliphatic carbocycles. The molecule has 1 N–H and O–H groups in total. The van der Waals surface area contributed by atoms with E-state index in [1.807, 2.05) is 5.38 Å². The van der Waals surface area contributed by atoms with Gasteiger partial charge < -0.3 is 5.32 Å². The van der Waals surface area contributed by atoms with Crippen LogP contribution in [0.4, 0.5) is 0 Å². The van der Waals surface area contributed by atoms with E-state index in [1.165, 1.54) is 37.0 Å². The molecule has 92 valence electrons. The number of carbonyl (C=O) groups is 1. The molecule has 0 spiro atoms. The summed E-state index contributed by atoms with van der Waals surface area (Å²) in [6, 6.07) is 0.366. The Morgan fingerprint density at radius 1 is 1.35 bits per heavy atom. The molecule has 1 fully saturated rings. The van der Waals surface area contributed by atoms with Gasteiger partial charge in [0.2, 0.25) is 5.91 Å². The van der Waals surface area contributed by atoms with E-state index >= 15 is 0 Å². The summed E-state index contributed by atoms with van der Waals surface area (Å²) in [5, 5.41) is 5.00. The van der Waals surface area contributed by atoms with E-state index in [0.29, 0.717) is 6.04 Å². The standard InChI is InChI=1S/C13H18N2OS/c16-13(8-7-12-9-17-10-14-12)15-11-5-3-1-2-4-6-11/h7-11H,1-6H2,(H,15,16)/b8-7+. The fourth-order valence-corrected chi connectivity index (χ4v) is 2.66. The summed E-state index contributed by atoms with van der Waals surface area (Å²) in [5.41, 5.74) is 2.62. The normalized spacial score (nSPS) is 18.1. The zero-order valence-corrected chi connectivity index (χ0v) is 10.7. The maximum absolute atomic E-state index is 11.7. The van der Waals surface area contributed by atoms with Crippen molar-refractivity contribution >= 4 is 23.3 Å². The van der Waals surface area contributed by atoms with Gasteiger partial charge in [0, 0.05) is 17.5 Å². The molecule has 2 rings (SSSR count). The molecule has 3 nitrogen and oxygen atoms in total. The monoisotopic (exact) mass is 250 g/mol. The van der Waals surface area contributed by atoms with Gasteiger partial charge in [0.25, 0.3) is 0 Å². The van der Waals surface area contributed by atoms with Gasteiger partial charge in [-0.15, -0.1) is 11.3 Å². The van der Waals surface area contributed by atoms with Gasteiger partial charge >= 0.3 is 0 Å². The van der Waals surface area contributed by atoms with Crippen LogP contribution < -0.4 is 5.32 Å². The molecule has 1 saturated carbocycles. The summed E-state index contributed by atoms with van der Waals surface area (Å²) in [6.45, 7) is 0. The van der Waals surface area contributed by atoms with Crippen LogP contribution in [0.1, 0.15) is 44.2 Å². The van der Waals surface area contributed by atoms with Crippen LogP contribution in [0.15, 0.2) is 17.0 Å². The van der Waals surface area contributed by atoms with Crippen molar-refractivity contribution in [2.24, 2.45) is 0 Å². The number of hydrogen-bond acceptors (Lipinski definition) is 3. The van der Waals surface area contributed by atoms with Gasteiger partial charge in [-0.25, -0.2) is 4.98 Å². The Bertz CT molecular complexity index is 365. The third-order valence-electron chi connectivity index (χ3n) is 3.06. The first-order valence-corrected chi connectivity index (χ1v) is 7.15. The minimum Gasteiger partial charge on any atom is -0.350 e. The van der Waals surface area contributed by atoms with Gasteiger partial charge in [-0.3, -0.25) is 4.79 Å². The van der Waals surface area contributed by atoms with Crippen LogP contribution in [-0.2, 0) is 4.79 Å². The van der Waals surface area contributed by atoms with Crippen LogP contribution in [0.25, 0.3) is 6.08 Å². The average Bonchev–Trinajstić information content (AvgIpc) is 2.72. The minimum atomic E-state index is 0.00454. The second-order valence-corrected chi connectivity index (χ2v) is 5.16. The van der Waals surface area contributed by atoms with Crippen molar-refractivity contribution in [2.45, 2.75) is 44.6 Å². The van der Waals surface area contributed by atoms with Crippen LogP contribution in [0.2, 0.25) is 0 Å². The summed E-state index contributed by atoms with van der Waals surface area (Å²) in [5.74, 6) is 0.00454. The lowest BCUT2D eigenvalue weighted by molar-refractivity contribution is -0.117. The smallest absolute Gasteiger partial charge is 0.244 e. The van der Waals surface area contributed by atoms with Crippen molar-refractivity contribution < 1.29 is 4.79 Å². The van der Waals surface area contributed by atoms with Crippen molar-refractivity contribution in [3.8, 4) is 0 Å². The first-order chi connectivity index (χ1) is 8.34. The fraction of sp³-hybridized carbons (Fsp3) is 0.538. The Morgan fingerprint density at radius 2 is 2.12 bits per heavy atom. The largest absolute Gasteiger partial charge is 0.350 e. The summed E-state index contributed by atoms with van der Waals surface area (Å²) in [4.78, 5) is 15.8. The van der Waals surface area contributed by atoms with Crippen LogP contribution in [0.5, 0.6) is 0 Å². The number of thiazole rings is 1. The third-order valence-corrected chi connectivity index (χ3v) is 3.66. The number of hydrogen-bond donors (Lipinski definition) is 1. The number of carbonyl (C=O) groups excluding carboxylic acids is 1. The maximum Gasteiger partial charge on any atom is 0.244 e. The summed E-state index contributed by atoms with van der Waals surface area (Å²) < 4.78 is 0. The molecule has 0 aromatic carbocycles. The van der Waals surface area contributed by atoms with Crippen molar-refractivity contribution in [1.29, 1.82) is 0 Å². The van der Waals surface area contributed by atoms with Gasteiger partial charge in [0.05, 0.1) is 11.2 Å². The molecule has 1 amide bonds. The third kappa shape index (κ3) is 4.30. The van der Waals surface area contributed by atoms with E-state index in [2.05, 4.69) is 10.3 Å². The second kappa shape index (κ2) is 6.55. The van der Waals surface area contributed by atoms with Gasteiger partial charge in [0.15, 0.2) is 0 Å². The average molecular weight is 250 g/mol. The van der Waals surface area contributed by atoms with Crippen molar-refractivity contribution in [1.82, 2.24) is 10.3 Å². The Labute approximate surface area is 106 Å². The number of nitrogens with zero attached hydrogens (tertiary/aromatic N) is 1. The molecule has 0 saturated heterocycles. The van der Waals surface area contributed by atoms with E-state index in [0.717, 1.165) is 18.5 Å². The van der Waals surface area contributed by atoms with Crippen LogP contribution in [0, 0.1) is 0 Å². The van der Waals surface area contributed by atoms with Gasteiger partial charge in [-0.1, -0.05) is 25.7 Å². The highest BCUT2D eigenvalue weighted by Crippen LogP contribution is 2.17. The molecule has 0 aliphatic heterocycles. The Balaban J connectivity index is 1.80. The molecular formula is C13H18N2OS. The first-order valence-electron chi connectivity index (χ1n) is 6.21.